The van der Waals surface area contributed by atoms with Gasteiger partial charge in [0.2, 0.25) is 0 Å². The lowest BCUT2D eigenvalue weighted by molar-refractivity contribution is -0.0458. The second kappa shape index (κ2) is 8.48. The highest BCUT2D eigenvalue weighted by Crippen LogP contribution is 2.35. The average Bonchev–Trinajstić information content (AvgIpc) is 2.82. The average molecular weight is 493 g/mol. The van der Waals surface area contributed by atoms with Gasteiger partial charge in [-0.15, -0.1) is 0 Å². The second-order valence-electron chi connectivity index (χ2n) is 6.56. The molecule has 1 aliphatic heterocycles. The zero-order chi connectivity index (χ0) is 23.1. The number of ether oxygens (including phenoxy) is 1. The van der Waals surface area contributed by atoms with Crippen LogP contribution in [0.15, 0.2) is 15.8 Å². The SMILES string of the molecule is Cc1cn([C@@H]2O[C@H](COS(C)(=O)=O)[C@@H](OS(C)(=O)=O)[C@H]2OS(C)(=O)=O)c(=O)[nH]c1=O. The summed E-state index contributed by atoms with van der Waals surface area (Å²) in [5.41, 5.74) is -1.68. The molecule has 0 unspecified atom stereocenters. The number of aryl methyl sites for hydroxylation is 1. The number of hydrogen-bond donors (Lipinski definition) is 1. The molecule has 0 aromatic carbocycles. The topological polar surface area (TPSA) is 194 Å². The molecule has 0 saturated carbocycles. The molecule has 1 N–H and O–H groups in total. The van der Waals surface area contributed by atoms with E-state index >= 15 is 0 Å². The number of hydrogen-bond acceptors (Lipinski definition) is 12. The quantitative estimate of drug-likeness (QED) is 0.373. The van der Waals surface area contributed by atoms with Crippen LogP contribution in [-0.4, -0.2) is 78.5 Å². The lowest BCUT2D eigenvalue weighted by atomic mass is 10.1. The van der Waals surface area contributed by atoms with Gasteiger partial charge in [0.1, 0.15) is 12.2 Å². The minimum Gasteiger partial charge on any atom is -0.346 e. The number of rotatable bonds is 8. The summed E-state index contributed by atoms with van der Waals surface area (Å²) < 4.78 is 90.2. The summed E-state index contributed by atoms with van der Waals surface area (Å²) in [6.07, 6.45) is -3.43. The van der Waals surface area contributed by atoms with Crippen molar-refractivity contribution < 1.29 is 42.5 Å². The van der Waals surface area contributed by atoms with Crippen molar-refractivity contribution >= 4 is 30.4 Å². The summed E-state index contributed by atoms with van der Waals surface area (Å²) in [6, 6.07) is 0. The third kappa shape index (κ3) is 6.69. The van der Waals surface area contributed by atoms with Crippen molar-refractivity contribution in [2.75, 3.05) is 25.4 Å². The monoisotopic (exact) mass is 492 g/mol. The van der Waals surface area contributed by atoms with Gasteiger partial charge in [-0.1, -0.05) is 0 Å². The molecule has 2 rings (SSSR count). The minimum atomic E-state index is -4.24. The standard InChI is InChI=1S/C13H20N2O12S3/c1-7-5-15(13(17)14-11(7)16)12-10(27-30(4,22)23)9(26-29(3,20)21)8(25-12)6-24-28(2,18)19/h5,8-10,12H,6H2,1-4H3,(H,14,16,17)/t8-,9-,10-,12-/m1/s1. The predicted octanol–water partition coefficient (Wildman–Crippen LogP) is -2.59. The van der Waals surface area contributed by atoms with Crippen LogP contribution in [0.3, 0.4) is 0 Å². The van der Waals surface area contributed by atoms with E-state index < -0.39 is 72.8 Å². The van der Waals surface area contributed by atoms with Crippen molar-refractivity contribution in [3.05, 3.63) is 32.6 Å². The van der Waals surface area contributed by atoms with E-state index in [0.717, 1.165) is 17.0 Å². The summed E-state index contributed by atoms with van der Waals surface area (Å²) in [5, 5.41) is 0. The third-order valence-corrected chi connectivity index (χ3v) is 5.43. The highest BCUT2D eigenvalue weighted by molar-refractivity contribution is 7.86. The van der Waals surface area contributed by atoms with E-state index in [9.17, 15) is 34.8 Å². The molecule has 0 bridgehead atoms. The zero-order valence-electron chi connectivity index (χ0n) is 16.2. The van der Waals surface area contributed by atoms with Crippen LogP contribution in [0.2, 0.25) is 0 Å². The maximum Gasteiger partial charge on any atom is 0.330 e. The molecule has 1 aliphatic rings. The van der Waals surface area contributed by atoms with Crippen molar-refractivity contribution in [1.29, 1.82) is 0 Å². The van der Waals surface area contributed by atoms with Gasteiger partial charge in [-0.05, 0) is 6.92 Å². The Hall–Kier alpha value is -1.63. The molecule has 1 fully saturated rings. The van der Waals surface area contributed by atoms with Gasteiger partial charge in [-0.25, -0.2) is 4.79 Å². The third-order valence-electron chi connectivity index (χ3n) is 3.72. The Balaban J connectivity index is 2.59. The highest BCUT2D eigenvalue weighted by atomic mass is 32.2. The van der Waals surface area contributed by atoms with Gasteiger partial charge >= 0.3 is 5.69 Å². The van der Waals surface area contributed by atoms with Gasteiger partial charge in [-0.2, -0.15) is 25.3 Å². The molecule has 0 aliphatic carbocycles. The number of aromatic amines is 1. The molecular formula is C13H20N2O12S3. The molecule has 0 spiro atoms. The normalized spacial score (nSPS) is 25.5. The molecule has 1 aromatic rings. The minimum absolute atomic E-state index is 0.0488. The Kier molecular flexibility index (Phi) is 6.97. The molecule has 2 heterocycles. The first kappa shape index (κ1) is 24.6. The zero-order valence-corrected chi connectivity index (χ0v) is 18.6. The Morgan fingerprint density at radius 1 is 0.967 bits per heavy atom. The lowest BCUT2D eigenvalue weighted by Gasteiger charge is -2.23. The largest absolute Gasteiger partial charge is 0.346 e. The van der Waals surface area contributed by atoms with Crippen LogP contribution < -0.4 is 11.2 Å². The van der Waals surface area contributed by atoms with E-state index in [0.29, 0.717) is 12.5 Å². The first-order valence-electron chi connectivity index (χ1n) is 8.05. The molecule has 1 aromatic heterocycles. The van der Waals surface area contributed by atoms with Crippen LogP contribution in [0.4, 0.5) is 0 Å². The Morgan fingerprint density at radius 3 is 2.00 bits per heavy atom. The summed E-state index contributed by atoms with van der Waals surface area (Å²) >= 11 is 0. The maximum absolute atomic E-state index is 12.2. The molecule has 14 nitrogen and oxygen atoms in total. The van der Waals surface area contributed by atoms with Crippen molar-refractivity contribution in [3.63, 3.8) is 0 Å². The molecule has 0 amide bonds. The van der Waals surface area contributed by atoms with Crippen LogP contribution in [0.5, 0.6) is 0 Å². The molecule has 4 atom stereocenters. The van der Waals surface area contributed by atoms with E-state index in [4.69, 9.17) is 13.1 Å². The number of nitrogens with one attached hydrogen (secondary N) is 1. The van der Waals surface area contributed by atoms with Crippen molar-refractivity contribution in [1.82, 2.24) is 9.55 Å². The van der Waals surface area contributed by atoms with Crippen LogP contribution in [0, 0.1) is 6.92 Å². The maximum atomic E-state index is 12.2. The van der Waals surface area contributed by atoms with E-state index in [-0.39, 0.29) is 5.56 Å². The van der Waals surface area contributed by atoms with Crippen LogP contribution in [-0.2, 0) is 47.6 Å². The highest BCUT2D eigenvalue weighted by Gasteiger charge is 2.51. The van der Waals surface area contributed by atoms with Crippen LogP contribution in [0.25, 0.3) is 0 Å². The van der Waals surface area contributed by atoms with Gasteiger partial charge in [0.25, 0.3) is 35.9 Å². The molecule has 30 heavy (non-hydrogen) atoms. The first-order valence-corrected chi connectivity index (χ1v) is 13.5. The van der Waals surface area contributed by atoms with Crippen molar-refractivity contribution in [2.24, 2.45) is 0 Å². The molecule has 172 valence electrons. The smallest absolute Gasteiger partial charge is 0.330 e. The summed E-state index contributed by atoms with van der Waals surface area (Å²) in [7, 11) is -12.4. The van der Waals surface area contributed by atoms with Gasteiger partial charge in [0, 0.05) is 11.8 Å². The van der Waals surface area contributed by atoms with Crippen molar-refractivity contribution in [2.45, 2.75) is 31.5 Å². The Bertz CT molecular complexity index is 1230. The molecular weight excluding hydrogens is 472 g/mol. The molecule has 0 radical (unpaired) electrons. The van der Waals surface area contributed by atoms with Gasteiger partial charge in [-0.3, -0.25) is 26.9 Å². The van der Waals surface area contributed by atoms with Gasteiger partial charge < -0.3 is 4.74 Å². The molecule has 17 heteroatoms. The van der Waals surface area contributed by atoms with Crippen LogP contribution >= 0.6 is 0 Å². The summed E-state index contributed by atoms with van der Waals surface area (Å²) in [4.78, 5) is 25.8. The number of nitrogens with zero attached hydrogens (tertiary/aromatic N) is 1. The Morgan fingerprint density at radius 2 is 1.50 bits per heavy atom. The van der Waals surface area contributed by atoms with Crippen LogP contribution in [0.1, 0.15) is 11.8 Å². The fourth-order valence-corrected chi connectivity index (χ4v) is 4.28. The van der Waals surface area contributed by atoms with Gasteiger partial charge in [0.05, 0.1) is 25.4 Å². The van der Waals surface area contributed by atoms with Crippen molar-refractivity contribution in [3.8, 4) is 0 Å². The second-order valence-corrected chi connectivity index (χ2v) is 11.4. The summed E-state index contributed by atoms with van der Waals surface area (Å²) in [5.74, 6) is 0. The van der Waals surface area contributed by atoms with E-state index in [1.165, 1.54) is 6.92 Å². The number of H-pyrrole nitrogens is 1. The van der Waals surface area contributed by atoms with E-state index in [1.54, 1.807) is 0 Å². The first-order chi connectivity index (χ1) is 13.5. The fraction of sp³-hybridized carbons (Fsp3) is 0.692. The lowest BCUT2D eigenvalue weighted by Crippen LogP contribution is -2.43. The predicted molar refractivity (Wildman–Crippen MR) is 100 cm³/mol. The number of aromatic nitrogens is 2. The van der Waals surface area contributed by atoms with Gasteiger partial charge in [0.15, 0.2) is 12.3 Å². The van der Waals surface area contributed by atoms with E-state index in [2.05, 4.69) is 4.18 Å². The fourth-order valence-electron chi connectivity index (χ4n) is 2.65. The van der Waals surface area contributed by atoms with E-state index in [1.807, 2.05) is 4.98 Å². The molecule has 1 saturated heterocycles. The summed E-state index contributed by atoms with van der Waals surface area (Å²) in [6.45, 7) is 0.584. The Labute approximate surface area is 172 Å².